The Morgan fingerprint density at radius 2 is 2.10 bits per heavy atom. The number of hydrogen-bond donors (Lipinski definition) is 1. The SMILES string of the molecule is CCOC(=O)c1sc2nc([C@@H](C)OC(=O)Cc3cccc(F)c3)[nH]c(=O)c2c1C. The molecule has 0 unspecified atom stereocenters. The molecule has 3 aromatic rings. The standard InChI is InChI=1S/C20H19FN2O5S/c1-4-27-20(26)16-10(2)15-18(25)22-17(23-19(15)29-16)11(3)28-14(24)9-12-6-5-7-13(21)8-12/h5-8,11H,4,9H2,1-3H3,(H,22,23,25)/t11-/m1/s1. The van der Waals surface area contributed by atoms with Gasteiger partial charge < -0.3 is 14.5 Å². The van der Waals surface area contributed by atoms with Crippen molar-refractivity contribution in [1.29, 1.82) is 0 Å². The highest BCUT2D eigenvalue weighted by atomic mass is 32.1. The van der Waals surface area contributed by atoms with Gasteiger partial charge in [-0.25, -0.2) is 14.2 Å². The third-order valence-electron chi connectivity index (χ3n) is 4.21. The first kappa shape index (κ1) is 20.7. The van der Waals surface area contributed by atoms with E-state index in [1.807, 2.05) is 0 Å². The van der Waals surface area contributed by atoms with Gasteiger partial charge in [0.2, 0.25) is 0 Å². The minimum Gasteiger partial charge on any atom is -0.462 e. The number of H-pyrrole nitrogens is 1. The fourth-order valence-corrected chi connectivity index (χ4v) is 3.94. The minimum atomic E-state index is -0.832. The van der Waals surface area contributed by atoms with Crippen LogP contribution >= 0.6 is 11.3 Å². The van der Waals surface area contributed by atoms with Crippen molar-refractivity contribution >= 4 is 33.5 Å². The lowest BCUT2D eigenvalue weighted by molar-refractivity contribution is -0.148. The number of fused-ring (bicyclic) bond motifs is 1. The van der Waals surface area contributed by atoms with Crippen molar-refractivity contribution in [1.82, 2.24) is 9.97 Å². The Morgan fingerprint density at radius 3 is 2.79 bits per heavy atom. The third-order valence-corrected chi connectivity index (χ3v) is 5.38. The van der Waals surface area contributed by atoms with Crippen LogP contribution in [0.25, 0.3) is 10.2 Å². The first-order valence-electron chi connectivity index (χ1n) is 8.94. The fourth-order valence-electron chi connectivity index (χ4n) is 2.85. The number of halogens is 1. The molecule has 7 nitrogen and oxygen atoms in total. The topological polar surface area (TPSA) is 98.3 Å². The van der Waals surface area contributed by atoms with Crippen LogP contribution in [-0.2, 0) is 20.7 Å². The van der Waals surface area contributed by atoms with E-state index in [9.17, 15) is 18.8 Å². The van der Waals surface area contributed by atoms with Crippen LogP contribution in [0, 0.1) is 12.7 Å². The summed E-state index contributed by atoms with van der Waals surface area (Å²) in [5.74, 6) is -1.37. The van der Waals surface area contributed by atoms with Gasteiger partial charge in [0.1, 0.15) is 15.5 Å². The molecular formula is C20H19FN2O5S. The molecule has 0 bridgehead atoms. The third kappa shape index (κ3) is 4.51. The van der Waals surface area contributed by atoms with Crippen LogP contribution in [0.1, 0.15) is 46.6 Å². The van der Waals surface area contributed by atoms with Crippen molar-refractivity contribution in [2.45, 2.75) is 33.3 Å². The molecular weight excluding hydrogens is 399 g/mol. The van der Waals surface area contributed by atoms with E-state index in [0.717, 1.165) is 11.3 Å². The number of aromatic amines is 1. The molecule has 0 saturated carbocycles. The minimum absolute atomic E-state index is 0.111. The summed E-state index contributed by atoms with van der Waals surface area (Å²) < 4.78 is 23.6. The molecule has 29 heavy (non-hydrogen) atoms. The molecule has 1 aromatic carbocycles. The number of nitrogens with zero attached hydrogens (tertiary/aromatic N) is 1. The predicted octanol–water partition coefficient (Wildman–Crippen LogP) is 3.46. The Balaban J connectivity index is 1.82. The van der Waals surface area contributed by atoms with Crippen molar-refractivity contribution in [3.63, 3.8) is 0 Å². The highest BCUT2D eigenvalue weighted by molar-refractivity contribution is 7.20. The molecule has 0 amide bonds. The van der Waals surface area contributed by atoms with Crippen molar-refractivity contribution in [2.75, 3.05) is 6.61 Å². The zero-order valence-corrected chi connectivity index (χ0v) is 16.9. The fraction of sp³-hybridized carbons (Fsp3) is 0.300. The molecule has 2 aromatic heterocycles. The Kier molecular flexibility index (Phi) is 6.07. The summed E-state index contributed by atoms with van der Waals surface area (Å²) in [7, 11) is 0. The van der Waals surface area contributed by atoms with Gasteiger partial charge in [0.25, 0.3) is 5.56 Å². The average molecular weight is 418 g/mol. The summed E-state index contributed by atoms with van der Waals surface area (Å²) in [5, 5.41) is 0.306. The Morgan fingerprint density at radius 1 is 1.34 bits per heavy atom. The molecule has 0 fully saturated rings. The smallest absolute Gasteiger partial charge is 0.348 e. The number of ether oxygens (including phenoxy) is 2. The second kappa shape index (κ2) is 8.52. The van der Waals surface area contributed by atoms with Crippen LogP contribution in [0.4, 0.5) is 4.39 Å². The number of aromatic nitrogens is 2. The van der Waals surface area contributed by atoms with Gasteiger partial charge in [0.05, 0.1) is 18.4 Å². The van der Waals surface area contributed by atoms with Crippen LogP contribution in [-0.4, -0.2) is 28.5 Å². The molecule has 0 saturated heterocycles. The first-order valence-corrected chi connectivity index (χ1v) is 9.76. The molecule has 3 rings (SSSR count). The molecule has 0 aliphatic rings. The summed E-state index contributed by atoms with van der Waals surface area (Å²) in [4.78, 5) is 44.4. The number of thiophene rings is 1. The van der Waals surface area contributed by atoms with Crippen LogP contribution in [0.15, 0.2) is 29.1 Å². The van der Waals surface area contributed by atoms with E-state index >= 15 is 0 Å². The number of esters is 2. The Hall–Kier alpha value is -3.07. The maximum Gasteiger partial charge on any atom is 0.348 e. The average Bonchev–Trinajstić information content (AvgIpc) is 2.99. The van der Waals surface area contributed by atoms with Gasteiger partial charge in [0.15, 0.2) is 11.9 Å². The molecule has 0 spiro atoms. The summed E-state index contributed by atoms with van der Waals surface area (Å²) in [5.41, 5.74) is 0.550. The molecule has 9 heteroatoms. The molecule has 2 heterocycles. The summed E-state index contributed by atoms with van der Waals surface area (Å²) >= 11 is 1.05. The van der Waals surface area contributed by atoms with Crippen molar-refractivity contribution in [2.24, 2.45) is 0 Å². The Bertz CT molecular complexity index is 1140. The monoisotopic (exact) mass is 418 g/mol. The maximum absolute atomic E-state index is 13.2. The van der Waals surface area contributed by atoms with E-state index in [4.69, 9.17) is 9.47 Å². The lowest BCUT2D eigenvalue weighted by atomic mass is 10.1. The predicted molar refractivity (Wildman–Crippen MR) is 106 cm³/mol. The van der Waals surface area contributed by atoms with Gasteiger partial charge in [-0.3, -0.25) is 9.59 Å². The molecule has 0 radical (unpaired) electrons. The number of carbonyl (C=O) groups is 2. The summed E-state index contributed by atoms with van der Waals surface area (Å²) in [6.45, 7) is 5.15. The second-order valence-electron chi connectivity index (χ2n) is 6.35. The molecule has 1 N–H and O–H groups in total. The lowest BCUT2D eigenvalue weighted by Crippen LogP contribution is -2.18. The first-order chi connectivity index (χ1) is 13.8. The van der Waals surface area contributed by atoms with E-state index in [1.165, 1.54) is 18.2 Å². The zero-order valence-electron chi connectivity index (χ0n) is 16.1. The van der Waals surface area contributed by atoms with Gasteiger partial charge in [-0.1, -0.05) is 12.1 Å². The van der Waals surface area contributed by atoms with Gasteiger partial charge in [-0.15, -0.1) is 11.3 Å². The van der Waals surface area contributed by atoms with Crippen LogP contribution in [0.2, 0.25) is 0 Å². The van der Waals surface area contributed by atoms with Crippen LogP contribution in [0.5, 0.6) is 0 Å². The number of rotatable bonds is 6. The van der Waals surface area contributed by atoms with Gasteiger partial charge >= 0.3 is 11.9 Å². The van der Waals surface area contributed by atoms with Crippen molar-refractivity contribution in [3.8, 4) is 0 Å². The van der Waals surface area contributed by atoms with Gasteiger partial charge in [-0.05, 0) is 44.0 Å². The second-order valence-corrected chi connectivity index (χ2v) is 7.35. The van der Waals surface area contributed by atoms with E-state index in [2.05, 4.69) is 9.97 Å². The molecule has 152 valence electrons. The number of hydrogen-bond acceptors (Lipinski definition) is 7. The quantitative estimate of drug-likeness (QED) is 0.616. The van der Waals surface area contributed by atoms with Crippen molar-refractivity contribution < 1.29 is 23.5 Å². The summed E-state index contributed by atoms with van der Waals surface area (Å²) in [6.07, 6.45) is -0.943. The number of carbonyl (C=O) groups excluding carboxylic acids is 2. The molecule has 0 aliphatic heterocycles. The maximum atomic E-state index is 13.2. The van der Waals surface area contributed by atoms with E-state index < -0.39 is 29.4 Å². The van der Waals surface area contributed by atoms with Crippen LogP contribution in [0.3, 0.4) is 0 Å². The van der Waals surface area contributed by atoms with E-state index in [1.54, 1.807) is 26.8 Å². The van der Waals surface area contributed by atoms with Crippen LogP contribution < -0.4 is 5.56 Å². The highest BCUT2D eigenvalue weighted by Crippen LogP contribution is 2.28. The van der Waals surface area contributed by atoms with Gasteiger partial charge in [-0.2, -0.15) is 0 Å². The molecule has 1 atom stereocenters. The molecule has 0 aliphatic carbocycles. The van der Waals surface area contributed by atoms with E-state index in [0.29, 0.717) is 26.2 Å². The largest absolute Gasteiger partial charge is 0.462 e. The lowest BCUT2D eigenvalue weighted by Gasteiger charge is -2.12. The Labute approximate surface area is 169 Å². The zero-order chi connectivity index (χ0) is 21.1. The number of aryl methyl sites for hydroxylation is 1. The number of benzene rings is 1. The van der Waals surface area contributed by atoms with E-state index in [-0.39, 0.29) is 18.9 Å². The highest BCUT2D eigenvalue weighted by Gasteiger charge is 2.22. The van der Waals surface area contributed by atoms with Crippen molar-refractivity contribution in [3.05, 3.63) is 62.3 Å². The normalized spacial score (nSPS) is 12.0. The van der Waals surface area contributed by atoms with Gasteiger partial charge in [0, 0.05) is 0 Å². The summed E-state index contributed by atoms with van der Waals surface area (Å²) in [6, 6.07) is 5.67. The number of nitrogens with one attached hydrogen (secondary N) is 1.